The molecule has 0 aromatic carbocycles. The van der Waals surface area contributed by atoms with E-state index in [2.05, 4.69) is 20.5 Å². The molecular weight excluding hydrogens is 336 g/mol. The van der Waals surface area contributed by atoms with E-state index in [9.17, 15) is 9.59 Å². The Bertz CT molecular complexity index is 763. The summed E-state index contributed by atoms with van der Waals surface area (Å²) in [4.78, 5) is 27.6. The van der Waals surface area contributed by atoms with Crippen molar-refractivity contribution >= 4 is 11.9 Å². The van der Waals surface area contributed by atoms with Crippen molar-refractivity contribution < 1.29 is 19.1 Å². The number of methoxy groups -OCH3 is 1. The topological polar surface area (TPSA) is 109 Å². The number of carbonyl (C=O) groups excluding carboxylic acids is 2. The van der Waals surface area contributed by atoms with Crippen LogP contribution in [0.1, 0.15) is 49.8 Å². The smallest absolute Gasteiger partial charge is 0.340 e. The Labute approximate surface area is 152 Å². The summed E-state index contributed by atoms with van der Waals surface area (Å²) in [5.74, 6) is -0.687. The Kier molecular flexibility index (Phi) is 6.97. The summed E-state index contributed by atoms with van der Waals surface area (Å²) in [6.07, 6.45) is 3.44. The lowest BCUT2D eigenvalue weighted by atomic mass is 10.1. The molecule has 0 fully saturated rings. The number of rotatable bonds is 9. The van der Waals surface area contributed by atoms with Gasteiger partial charge in [0, 0.05) is 25.0 Å². The van der Waals surface area contributed by atoms with E-state index in [-0.39, 0.29) is 12.5 Å². The predicted octanol–water partition coefficient (Wildman–Crippen LogP) is 1.83. The summed E-state index contributed by atoms with van der Waals surface area (Å²) < 4.78 is 10.0. The Balaban J connectivity index is 1.91. The molecule has 0 aliphatic heterocycles. The van der Waals surface area contributed by atoms with E-state index < -0.39 is 5.97 Å². The second-order valence-corrected chi connectivity index (χ2v) is 6.13. The van der Waals surface area contributed by atoms with Gasteiger partial charge in [-0.3, -0.25) is 9.89 Å². The van der Waals surface area contributed by atoms with Crippen molar-refractivity contribution in [3.63, 3.8) is 0 Å². The van der Waals surface area contributed by atoms with Crippen LogP contribution in [0.15, 0.2) is 6.20 Å². The van der Waals surface area contributed by atoms with Crippen LogP contribution in [-0.2, 0) is 15.9 Å². The first kappa shape index (κ1) is 19.7. The zero-order valence-corrected chi connectivity index (χ0v) is 15.7. The highest BCUT2D eigenvalue weighted by Gasteiger charge is 2.22. The highest BCUT2D eigenvalue weighted by Crippen LogP contribution is 2.19. The third kappa shape index (κ3) is 4.72. The molecule has 0 aliphatic carbocycles. The second kappa shape index (κ2) is 9.19. The molecular formula is C18H26N4O4. The lowest BCUT2D eigenvalue weighted by molar-refractivity contribution is 0.0387. The molecule has 8 nitrogen and oxygen atoms in total. The van der Waals surface area contributed by atoms with Gasteiger partial charge in [0.15, 0.2) is 0 Å². The quantitative estimate of drug-likeness (QED) is 0.466. The van der Waals surface area contributed by atoms with Crippen LogP contribution >= 0.6 is 0 Å². The van der Waals surface area contributed by atoms with Crippen molar-refractivity contribution in [3.05, 3.63) is 40.0 Å². The minimum Gasteiger partial charge on any atom is -0.460 e. The molecule has 26 heavy (non-hydrogen) atoms. The fourth-order valence-corrected chi connectivity index (χ4v) is 2.77. The Morgan fingerprint density at radius 3 is 2.62 bits per heavy atom. The summed E-state index contributed by atoms with van der Waals surface area (Å²) in [6.45, 7) is 6.50. The van der Waals surface area contributed by atoms with Crippen LogP contribution in [-0.4, -0.2) is 53.9 Å². The van der Waals surface area contributed by atoms with E-state index in [4.69, 9.17) is 9.47 Å². The number of ether oxygens (including phenoxy) is 2. The van der Waals surface area contributed by atoms with Crippen molar-refractivity contribution in [3.8, 4) is 0 Å². The minimum absolute atomic E-state index is 0.175. The van der Waals surface area contributed by atoms with Gasteiger partial charge in [0.2, 0.25) is 0 Å². The SMILES string of the molecule is COCCOC(=O)c1c(C)[nH]c(C(=O)NCCCc2cn[nH]c2C)c1C. The molecule has 0 unspecified atom stereocenters. The molecule has 2 aromatic rings. The largest absolute Gasteiger partial charge is 0.460 e. The molecule has 0 atom stereocenters. The number of nitrogens with zero attached hydrogens (tertiary/aromatic N) is 1. The van der Waals surface area contributed by atoms with E-state index in [0.29, 0.717) is 35.7 Å². The van der Waals surface area contributed by atoms with Gasteiger partial charge in [-0.1, -0.05) is 0 Å². The van der Waals surface area contributed by atoms with Gasteiger partial charge in [-0.2, -0.15) is 5.10 Å². The Hall–Kier alpha value is -2.61. The number of esters is 1. The summed E-state index contributed by atoms with van der Waals surface area (Å²) in [5.41, 5.74) is 4.19. The van der Waals surface area contributed by atoms with Crippen LogP contribution in [0.25, 0.3) is 0 Å². The van der Waals surface area contributed by atoms with Gasteiger partial charge >= 0.3 is 5.97 Å². The molecule has 2 rings (SSSR count). The average Bonchev–Trinajstić information content (AvgIpc) is 3.14. The number of nitrogens with one attached hydrogen (secondary N) is 3. The molecule has 8 heteroatoms. The van der Waals surface area contributed by atoms with Gasteiger partial charge in [-0.05, 0) is 44.7 Å². The number of aromatic nitrogens is 3. The van der Waals surface area contributed by atoms with Crippen LogP contribution in [0.2, 0.25) is 0 Å². The van der Waals surface area contributed by atoms with Crippen molar-refractivity contribution in [1.82, 2.24) is 20.5 Å². The standard InChI is InChI=1S/C18H26N4O4/c1-11-15(18(24)26-9-8-25-4)13(3)21-16(11)17(23)19-7-5-6-14-10-20-22-12(14)2/h10,21H,5-9H2,1-4H3,(H,19,23)(H,20,22). The number of H-pyrrole nitrogens is 2. The first-order chi connectivity index (χ1) is 12.5. The molecule has 142 valence electrons. The highest BCUT2D eigenvalue weighted by molar-refractivity contribution is 6.00. The van der Waals surface area contributed by atoms with E-state index in [1.54, 1.807) is 20.0 Å². The van der Waals surface area contributed by atoms with Gasteiger partial charge in [0.1, 0.15) is 12.3 Å². The van der Waals surface area contributed by atoms with Crippen molar-refractivity contribution in [2.45, 2.75) is 33.6 Å². The van der Waals surface area contributed by atoms with Crippen molar-refractivity contribution in [2.75, 3.05) is 26.9 Å². The van der Waals surface area contributed by atoms with Gasteiger partial charge in [0.25, 0.3) is 5.91 Å². The van der Waals surface area contributed by atoms with Gasteiger partial charge in [0.05, 0.1) is 18.4 Å². The lowest BCUT2D eigenvalue weighted by Gasteiger charge is -2.06. The van der Waals surface area contributed by atoms with E-state index in [1.165, 1.54) is 7.11 Å². The molecule has 2 aromatic heterocycles. The number of hydrogen-bond donors (Lipinski definition) is 3. The maximum absolute atomic E-state index is 12.4. The highest BCUT2D eigenvalue weighted by atomic mass is 16.6. The number of aromatic amines is 2. The van der Waals surface area contributed by atoms with Crippen LogP contribution < -0.4 is 5.32 Å². The number of hydrogen-bond acceptors (Lipinski definition) is 5. The van der Waals surface area contributed by atoms with E-state index >= 15 is 0 Å². The van der Waals surface area contributed by atoms with Gasteiger partial charge in [-0.15, -0.1) is 0 Å². The second-order valence-electron chi connectivity index (χ2n) is 6.13. The number of amides is 1. The zero-order valence-electron chi connectivity index (χ0n) is 15.7. The number of aryl methyl sites for hydroxylation is 3. The van der Waals surface area contributed by atoms with Crippen LogP contribution in [0.4, 0.5) is 0 Å². The molecule has 0 spiro atoms. The maximum Gasteiger partial charge on any atom is 0.340 e. The number of carbonyl (C=O) groups is 2. The monoisotopic (exact) mass is 362 g/mol. The molecule has 1 amide bonds. The van der Waals surface area contributed by atoms with Gasteiger partial charge in [-0.25, -0.2) is 4.79 Å². The average molecular weight is 362 g/mol. The van der Waals surface area contributed by atoms with E-state index in [0.717, 1.165) is 24.1 Å². The normalized spacial score (nSPS) is 10.8. The first-order valence-corrected chi connectivity index (χ1v) is 8.58. The van der Waals surface area contributed by atoms with Gasteiger partial charge < -0.3 is 19.8 Å². The van der Waals surface area contributed by atoms with Crippen molar-refractivity contribution in [1.29, 1.82) is 0 Å². The molecule has 0 saturated carbocycles. The molecule has 2 heterocycles. The molecule has 0 aliphatic rings. The summed E-state index contributed by atoms with van der Waals surface area (Å²) in [5, 5.41) is 9.76. The third-order valence-electron chi connectivity index (χ3n) is 4.23. The maximum atomic E-state index is 12.4. The Morgan fingerprint density at radius 1 is 1.19 bits per heavy atom. The lowest BCUT2D eigenvalue weighted by Crippen LogP contribution is -2.26. The van der Waals surface area contributed by atoms with E-state index in [1.807, 2.05) is 6.92 Å². The predicted molar refractivity (Wildman–Crippen MR) is 96.4 cm³/mol. The summed E-state index contributed by atoms with van der Waals surface area (Å²) >= 11 is 0. The molecule has 3 N–H and O–H groups in total. The molecule has 0 radical (unpaired) electrons. The molecule has 0 saturated heterocycles. The summed E-state index contributed by atoms with van der Waals surface area (Å²) in [7, 11) is 1.54. The summed E-state index contributed by atoms with van der Waals surface area (Å²) in [6, 6.07) is 0. The Morgan fingerprint density at radius 2 is 1.96 bits per heavy atom. The van der Waals surface area contributed by atoms with Crippen molar-refractivity contribution in [2.24, 2.45) is 0 Å². The van der Waals surface area contributed by atoms with Crippen LogP contribution in [0, 0.1) is 20.8 Å². The van der Waals surface area contributed by atoms with Crippen LogP contribution in [0.5, 0.6) is 0 Å². The van der Waals surface area contributed by atoms with Crippen LogP contribution in [0.3, 0.4) is 0 Å². The zero-order chi connectivity index (χ0) is 19.1. The minimum atomic E-state index is -0.456. The fourth-order valence-electron chi connectivity index (χ4n) is 2.77. The first-order valence-electron chi connectivity index (χ1n) is 8.58. The fraction of sp³-hybridized carbons (Fsp3) is 0.500. The third-order valence-corrected chi connectivity index (χ3v) is 4.23. The molecule has 0 bridgehead atoms.